The highest BCUT2D eigenvalue weighted by Gasteiger charge is 2.27. The van der Waals surface area contributed by atoms with Crippen molar-refractivity contribution in [3.05, 3.63) is 5.69 Å². The van der Waals surface area contributed by atoms with E-state index in [2.05, 4.69) is 16.9 Å². The van der Waals surface area contributed by atoms with Gasteiger partial charge in [-0.3, -0.25) is 0 Å². The van der Waals surface area contributed by atoms with Crippen LogP contribution in [0, 0.1) is 6.92 Å². The minimum absolute atomic E-state index is 0.188. The summed E-state index contributed by atoms with van der Waals surface area (Å²) < 4.78 is 2.00. The molecule has 0 aliphatic carbocycles. The topological polar surface area (TPSA) is 67.3 Å². The van der Waals surface area contributed by atoms with Gasteiger partial charge >= 0.3 is 0 Å². The third kappa shape index (κ3) is 2.32. The smallest absolute Gasteiger partial charge is 0.150 e. The summed E-state index contributed by atoms with van der Waals surface area (Å²) in [6.45, 7) is 6.11. The van der Waals surface area contributed by atoms with Crippen molar-refractivity contribution < 1.29 is 5.11 Å². The van der Waals surface area contributed by atoms with Crippen LogP contribution in [0.1, 0.15) is 38.3 Å². The SMILES string of the molecule is CCCn1nc(C)c(N)c1N1CCCCC1CO. The molecule has 0 amide bonds. The fourth-order valence-corrected chi connectivity index (χ4v) is 2.72. The van der Waals surface area contributed by atoms with Gasteiger partial charge in [-0.25, -0.2) is 4.68 Å². The van der Waals surface area contributed by atoms with E-state index in [-0.39, 0.29) is 12.6 Å². The van der Waals surface area contributed by atoms with Crippen LogP contribution in [0.5, 0.6) is 0 Å². The van der Waals surface area contributed by atoms with Crippen molar-refractivity contribution in [2.24, 2.45) is 0 Å². The summed E-state index contributed by atoms with van der Waals surface area (Å²) in [6, 6.07) is 0.188. The molecule has 102 valence electrons. The van der Waals surface area contributed by atoms with E-state index < -0.39 is 0 Å². The van der Waals surface area contributed by atoms with E-state index in [9.17, 15) is 5.11 Å². The molecule has 0 spiro atoms. The number of nitrogens with zero attached hydrogens (tertiary/aromatic N) is 3. The summed E-state index contributed by atoms with van der Waals surface area (Å²) in [5.41, 5.74) is 7.83. The number of hydrogen-bond acceptors (Lipinski definition) is 4. The van der Waals surface area contributed by atoms with Crippen LogP contribution in [-0.2, 0) is 6.54 Å². The van der Waals surface area contributed by atoms with E-state index in [1.165, 1.54) is 6.42 Å². The van der Waals surface area contributed by atoms with Gasteiger partial charge in [0.25, 0.3) is 0 Å². The van der Waals surface area contributed by atoms with Gasteiger partial charge in [-0.1, -0.05) is 6.92 Å². The summed E-state index contributed by atoms with van der Waals surface area (Å²) in [5, 5.41) is 14.0. The molecule has 1 aliphatic heterocycles. The lowest BCUT2D eigenvalue weighted by Crippen LogP contribution is -2.43. The molecule has 1 aromatic rings. The zero-order valence-corrected chi connectivity index (χ0v) is 11.4. The van der Waals surface area contributed by atoms with Crippen molar-refractivity contribution >= 4 is 11.5 Å². The zero-order chi connectivity index (χ0) is 13.1. The Labute approximate surface area is 109 Å². The highest BCUT2D eigenvalue weighted by atomic mass is 16.3. The molecule has 18 heavy (non-hydrogen) atoms. The third-order valence-corrected chi connectivity index (χ3v) is 3.69. The molecular weight excluding hydrogens is 228 g/mol. The van der Waals surface area contributed by atoms with Crippen molar-refractivity contribution in [2.75, 3.05) is 23.8 Å². The molecule has 1 aliphatic rings. The number of piperidine rings is 1. The average Bonchev–Trinajstić information content (AvgIpc) is 2.65. The molecule has 1 atom stereocenters. The van der Waals surface area contributed by atoms with Crippen molar-refractivity contribution in [1.82, 2.24) is 9.78 Å². The molecule has 0 bridgehead atoms. The van der Waals surface area contributed by atoms with E-state index >= 15 is 0 Å². The summed E-state index contributed by atoms with van der Waals surface area (Å²) >= 11 is 0. The predicted octanol–water partition coefficient (Wildman–Crippen LogP) is 1.53. The normalized spacial score (nSPS) is 20.4. The maximum Gasteiger partial charge on any atom is 0.150 e. The molecule has 0 aromatic carbocycles. The van der Waals surface area contributed by atoms with Crippen molar-refractivity contribution in [2.45, 2.75) is 52.1 Å². The van der Waals surface area contributed by atoms with Crippen LogP contribution >= 0.6 is 0 Å². The van der Waals surface area contributed by atoms with Crippen LogP contribution in [0.25, 0.3) is 0 Å². The fraction of sp³-hybridized carbons (Fsp3) is 0.769. The second kappa shape index (κ2) is 5.61. The van der Waals surface area contributed by atoms with Crippen molar-refractivity contribution in [3.8, 4) is 0 Å². The van der Waals surface area contributed by atoms with E-state index in [0.29, 0.717) is 0 Å². The standard InChI is InChI=1S/C13H24N4O/c1-3-7-17-13(12(14)10(2)15-17)16-8-5-4-6-11(16)9-18/h11,18H,3-9,14H2,1-2H3. The summed E-state index contributed by atoms with van der Waals surface area (Å²) in [4.78, 5) is 2.24. The van der Waals surface area contributed by atoms with Crippen LogP contribution in [0.3, 0.4) is 0 Å². The molecule has 2 heterocycles. The predicted molar refractivity (Wildman–Crippen MR) is 73.7 cm³/mol. The molecule has 1 aromatic heterocycles. The van der Waals surface area contributed by atoms with Gasteiger partial charge in [-0.05, 0) is 32.6 Å². The number of aromatic nitrogens is 2. The Bertz CT molecular complexity index is 402. The summed E-state index contributed by atoms with van der Waals surface area (Å²) in [5.74, 6) is 1.01. The number of nitrogens with two attached hydrogens (primary N) is 1. The molecule has 1 saturated heterocycles. The second-order valence-electron chi connectivity index (χ2n) is 5.07. The highest BCUT2D eigenvalue weighted by molar-refractivity contribution is 5.66. The quantitative estimate of drug-likeness (QED) is 0.853. The number of rotatable bonds is 4. The van der Waals surface area contributed by atoms with Crippen LogP contribution < -0.4 is 10.6 Å². The molecule has 3 N–H and O–H groups in total. The Balaban J connectivity index is 2.35. The number of aliphatic hydroxyl groups is 1. The summed E-state index contributed by atoms with van der Waals surface area (Å²) in [6.07, 6.45) is 4.41. The van der Waals surface area contributed by atoms with Gasteiger partial charge in [0, 0.05) is 13.1 Å². The monoisotopic (exact) mass is 252 g/mol. The third-order valence-electron chi connectivity index (χ3n) is 3.69. The molecule has 5 nitrogen and oxygen atoms in total. The Morgan fingerprint density at radius 1 is 1.44 bits per heavy atom. The molecular formula is C13H24N4O. The first-order valence-corrected chi connectivity index (χ1v) is 6.89. The first kappa shape index (κ1) is 13.2. The highest BCUT2D eigenvalue weighted by Crippen LogP contribution is 2.31. The zero-order valence-electron chi connectivity index (χ0n) is 11.4. The maximum atomic E-state index is 9.53. The first-order valence-electron chi connectivity index (χ1n) is 6.89. The number of nitrogen functional groups attached to an aromatic ring is 1. The van der Waals surface area contributed by atoms with Crippen LogP contribution in [0.2, 0.25) is 0 Å². The molecule has 1 fully saturated rings. The molecule has 0 radical (unpaired) electrons. The fourth-order valence-electron chi connectivity index (χ4n) is 2.72. The maximum absolute atomic E-state index is 9.53. The lowest BCUT2D eigenvalue weighted by Gasteiger charge is -2.36. The number of aliphatic hydroxyl groups excluding tert-OH is 1. The van der Waals surface area contributed by atoms with Gasteiger partial charge in [0.1, 0.15) is 0 Å². The first-order chi connectivity index (χ1) is 8.69. The largest absolute Gasteiger partial charge is 0.394 e. The molecule has 1 unspecified atom stereocenters. The van der Waals surface area contributed by atoms with Crippen molar-refractivity contribution in [3.63, 3.8) is 0 Å². The van der Waals surface area contributed by atoms with Gasteiger partial charge in [0.15, 0.2) is 5.82 Å². The van der Waals surface area contributed by atoms with Gasteiger partial charge in [0.2, 0.25) is 0 Å². The van der Waals surface area contributed by atoms with E-state index in [0.717, 1.165) is 49.6 Å². The van der Waals surface area contributed by atoms with E-state index in [1.54, 1.807) is 0 Å². The number of anilines is 2. The lowest BCUT2D eigenvalue weighted by atomic mass is 10.0. The molecule has 5 heteroatoms. The van der Waals surface area contributed by atoms with Crippen LogP contribution in [0.4, 0.5) is 11.5 Å². The second-order valence-corrected chi connectivity index (χ2v) is 5.07. The van der Waals surface area contributed by atoms with Crippen LogP contribution in [-0.4, -0.2) is 34.1 Å². The minimum atomic E-state index is 0.188. The molecule has 0 saturated carbocycles. The Kier molecular flexibility index (Phi) is 4.11. The summed E-state index contributed by atoms with van der Waals surface area (Å²) in [7, 11) is 0. The van der Waals surface area contributed by atoms with Gasteiger partial charge in [-0.2, -0.15) is 5.10 Å². The van der Waals surface area contributed by atoms with E-state index in [1.807, 2.05) is 11.6 Å². The van der Waals surface area contributed by atoms with Crippen LogP contribution in [0.15, 0.2) is 0 Å². The molecule has 2 rings (SSSR count). The van der Waals surface area contributed by atoms with Gasteiger partial charge < -0.3 is 15.7 Å². The Morgan fingerprint density at radius 2 is 2.22 bits per heavy atom. The van der Waals surface area contributed by atoms with Gasteiger partial charge in [-0.15, -0.1) is 0 Å². The minimum Gasteiger partial charge on any atom is -0.394 e. The Morgan fingerprint density at radius 3 is 2.89 bits per heavy atom. The Hall–Kier alpha value is -1.23. The number of hydrogen-bond donors (Lipinski definition) is 2. The van der Waals surface area contributed by atoms with Crippen molar-refractivity contribution in [1.29, 1.82) is 0 Å². The average molecular weight is 252 g/mol. The van der Waals surface area contributed by atoms with E-state index in [4.69, 9.17) is 5.73 Å². The number of aryl methyl sites for hydroxylation is 2. The lowest BCUT2D eigenvalue weighted by molar-refractivity contribution is 0.238. The van der Waals surface area contributed by atoms with Gasteiger partial charge in [0.05, 0.1) is 24.0 Å².